The molecule has 1 aliphatic carbocycles. The van der Waals surface area contributed by atoms with Gasteiger partial charge in [0.05, 0.1) is 60.1 Å². The van der Waals surface area contributed by atoms with Gasteiger partial charge in [0.1, 0.15) is 17.2 Å². The third-order valence-corrected chi connectivity index (χ3v) is 9.61. The van der Waals surface area contributed by atoms with Crippen molar-refractivity contribution in [3.05, 3.63) is 136 Å². The molecule has 4 atom stereocenters. The second-order valence-corrected chi connectivity index (χ2v) is 12.9. The first-order valence-electron chi connectivity index (χ1n) is 16.1. The minimum absolute atomic E-state index is 0.00417. The Balaban J connectivity index is 1.64. The van der Waals surface area contributed by atoms with Crippen LogP contribution in [0.15, 0.2) is 85.8 Å². The summed E-state index contributed by atoms with van der Waals surface area (Å²) >= 11 is 6.34. The maximum atomic E-state index is 17.2. The van der Waals surface area contributed by atoms with E-state index in [4.69, 9.17) is 21.1 Å². The summed E-state index contributed by atoms with van der Waals surface area (Å²) in [6.07, 6.45) is 5.05. The van der Waals surface area contributed by atoms with E-state index in [2.05, 4.69) is 17.6 Å². The van der Waals surface area contributed by atoms with Crippen LogP contribution in [0, 0.1) is 17.1 Å². The number of fused-ring (bicyclic) bond motifs is 1. The van der Waals surface area contributed by atoms with Crippen LogP contribution in [-0.4, -0.2) is 50.6 Å². The maximum absolute atomic E-state index is 17.2. The third-order valence-electron chi connectivity index (χ3n) is 9.36. The highest BCUT2D eigenvalue weighted by Gasteiger charge is 2.58. The lowest BCUT2D eigenvalue weighted by Crippen LogP contribution is -2.51. The Morgan fingerprint density at radius 1 is 1.22 bits per heavy atom. The fourth-order valence-electron chi connectivity index (χ4n) is 6.90. The lowest BCUT2D eigenvalue weighted by atomic mass is 9.84. The fourth-order valence-corrected chi connectivity index (χ4v) is 7.03. The molecule has 2 aliphatic rings. The highest BCUT2D eigenvalue weighted by atomic mass is 35.5. The number of nitrogens with zero attached hydrogens (tertiary/aromatic N) is 4. The van der Waals surface area contributed by atoms with Crippen molar-refractivity contribution in [2.45, 2.75) is 56.1 Å². The molecule has 0 radical (unpaired) electrons. The summed E-state index contributed by atoms with van der Waals surface area (Å²) in [5.41, 5.74) is -1.78. The van der Waals surface area contributed by atoms with Crippen LogP contribution in [0.25, 0.3) is 0 Å². The normalized spacial score (nSPS) is 20.6. The van der Waals surface area contributed by atoms with Gasteiger partial charge < -0.3 is 19.1 Å². The van der Waals surface area contributed by atoms with E-state index in [1.165, 1.54) is 17.0 Å². The molecule has 3 aromatic carbocycles. The SMILES string of the molecule is C=CCOC[C@@H](c1ccc(C#N)cc1)N1C(=O)c2cc([C@@](O)(CC)c3cn(C)cn3)cc(F)c2[C@]1(O[C@H]1CCC(=O)C1)c1ccc(Cl)cc1. The molecule has 11 heteroatoms. The van der Waals surface area contributed by atoms with Gasteiger partial charge in [0.2, 0.25) is 5.72 Å². The molecular weight excluding hydrogens is 647 g/mol. The molecule has 1 aromatic heterocycles. The zero-order valence-electron chi connectivity index (χ0n) is 27.2. The predicted molar refractivity (Wildman–Crippen MR) is 180 cm³/mol. The summed E-state index contributed by atoms with van der Waals surface area (Å²) in [5.74, 6) is -1.36. The van der Waals surface area contributed by atoms with Crippen LogP contribution in [0.4, 0.5) is 4.39 Å². The van der Waals surface area contributed by atoms with Gasteiger partial charge in [-0.2, -0.15) is 5.26 Å². The van der Waals surface area contributed by atoms with Crippen LogP contribution in [0.2, 0.25) is 5.02 Å². The molecule has 49 heavy (non-hydrogen) atoms. The predicted octanol–water partition coefficient (Wildman–Crippen LogP) is 6.47. The highest BCUT2D eigenvalue weighted by Crippen LogP contribution is 2.53. The molecule has 1 saturated carbocycles. The Morgan fingerprint density at radius 3 is 2.55 bits per heavy atom. The first-order valence-corrected chi connectivity index (χ1v) is 16.5. The lowest BCUT2D eigenvalue weighted by Gasteiger charge is -2.45. The third kappa shape index (κ3) is 6.08. The lowest BCUT2D eigenvalue weighted by molar-refractivity contribution is -0.162. The molecular formula is C38H36ClFN4O5. The summed E-state index contributed by atoms with van der Waals surface area (Å²) in [6, 6.07) is 17.3. The molecule has 6 rings (SSSR count). The zero-order chi connectivity index (χ0) is 34.9. The van der Waals surface area contributed by atoms with Crippen LogP contribution in [0.1, 0.15) is 82.5 Å². The van der Waals surface area contributed by atoms with Gasteiger partial charge in [0, 0.05) is 36.7 Å². The number of rotatable bonds is 12. The van der Waals surface area contributed by atoms with E-state index in [0.717, 1.165) is 0 Å². The smallest absolute Gasteiger partial charge is 0.257 e. The second-order valence-electron chi connectivity index (χ2n) is 12.4. The Hall–Kier alpha value is -4.66. The fraction of sp³-hybridized carbons (Fsp3) is 0.316. The Kier molecular flexibility index (Phi) is 9.56. The number of halogens is 2. The van der Waals surface area contributed by atoms with E-state index < -0.39 is 35.2 Å². The van der Waals surface area contributed by atoms with E-state index >= 15 is 9.18 Å². The number of amides is 1. The second kappa shape index (κ2) is 13.7. The Morgan fingerprint density at radius 2 is 1.96 bits per heavy atom. The van der Waals surface area contributed by atoms with E-state index in [1.54, 1.807) is 85.7 Å². The molecule has 0 spiro atoms. The van der Waals surface area contributed by atoms with Crippen molar-refractivity contribution < 1.29 is 28.6 Å². The number of carbonyl (C=O) groups excluding carboxylic acids is 2. The largest absolute Gasteiger partial charge is 0.379 e. The van der Waals surface area contributed by atoms with Gasteiger partial charge in [-0.3, -0.25) is 14.5 Å². The van der Waals surface area contributed by atoms with Gasteiger partial charge in [-0.25, -0.2) is 9.37 Å². The first kappa shape index (κ1) is 34.2. The van der Waals surface area contributed by atoms with Crippen LogP contribution in [0.3, 0.4) is 0 Å². The number of aliphatic hydroxyl groups is 1. The van der Waals surface area contributed by atoms with Crippen LogP contribution in [-0.2, 0) is 32.6 Å². The zero-order valence-corrected chi connectivity index (χ0v) is 28.0. The number of hydrogen-bond donors (Lipinski definition) is 1. The van der Waals surface area contributed by atoms with Crippen molar-refractivity contribution in [2.75, 3.05) is 13.2 Å². The van der Waals surface area contributed by atoms with Crippen molar-refractivity contribution in [3.8, 4) is 6.07 Å². The Labute approximate surface area is 289 Å². The molecule has 1 fully saturated rings. The molecule has 2 heterocycles. The summed E-state index contributed by atoms with van der Waals surface area (Å²) in [7, 11) is 1.76. The van der Waals surface area contributed by atoms with Crippen LogP contribution >= 0.6 is 11.6 Å². The van der Waals surface area contributed by atoms with E-state index in [-0.39, 0.29) is 48.5 Å². The van der Waals surface area contributed by atoms with Crippen molar-refractivity contribution >= 4 is 23.3 Å². The van der Waals surface area contributed by atoms with Crippen molar-refractivity contribution in [3.63, 3.8) is 0 Å². The van der Waals surface area contributed by atoms with E-state index in [1.807, 2.05) is 0 Å². The average molecular weight is 683 g/mol. The number of aromatic nitrogens is 2. The number of ketones is 1. The number of nitriles is 1. The molecule has 1 N–H and O–H groups in total. The van der Waals surface area contributed by atoms with Crippen LogP contribution < -0.4 is 0 Å². The summed E-state index contributed by atoms with van der Waals surface area (Å²) in [4.78, 5) is 33.4. The Bertz CT molecular complexity index is 1940. The van der Waals surface area contributed by atoms with Gasteiger partial charge >= 0.3 is 0 Å². The number of imidazole rings is 1. The number of benzene rings is 3. The molecule has 9 nitrogen and oxygen atoms in total. The van der Waals surface area contributed by atoms with Gasteiger partial charge in [-0.05, 0) is 60.4 Å². The standard InChI is InChI=1S/C38H36ClFN4O5/c1-4-16-48-22-33(25-8-6-24(20-41)7-9-25)44-36(46)31-17-27(37(47,5-2)34-21-43(3)23-42-34)18-32(40)35(31)38(44,26-10-12-28(39)13-11-26)49-30-15-14-29(45)19-30/h4,6-13,17-18,21,23,30,33,47H,1,5,14-16,19,22H2,2-3H3/t30-,33-,37-,38+/m0/s1. The van der Waals surface area contributed by atoms with E-state index in [9.17, 15) is 15.2 Å². The molecule has 0 unspecified atom stereocenters. The van der Waals surface area contributed by atoms with Gasteiger partial charge in [-0.15, -0.1) is 6.58 Å². The number of carbonyl (C=O) groups is 2. The maximum Gasteiger partial charge on any atom is 0.257 e. The minimum Gasteiger partial charge on any atom is -0.379 e. The van der Waals surface area contributed by atoms with Gasteiger partial charge in [-0.1, -0.05) is 48.9 Å². The molecule has 1 amide bonds. The molecule has 0 bridgehead atoms. The number of Topliss-reactive ketones (excluding diaryl/α,β-unsaturated/α-hetero) is 1. The van der Waals surface area contributed by atoms with E-state index in [0.29, 0.717) is 40.2 Å². The van der Waals surface area contributed by atoms with Gasteiger partial charge in [0.15, 0.2) is 0 Å². The first-order chi connectivity index (χ1) is 23.5. The topological polar surface area (TPSA) is 118 Å². The highest BCUT2D eigenvalue weighted by molar-refractivity contribution is 6.30. The van der Waals surface area contributed by atoms with Crippen molar-refractivity contribution in [2.24, 2.45) is 7.05 Å². The van der Waals surface area contributed by atoms with Gasteiger partial charge in [0.25, 0.3) is 5.91 Å². The summed E-state index contributed by atoms with van der Waals surface area (Å²) < 4.78 is 31.8. The monoisotopic (exact) mass is 682 g/mol. The molecule has 4 aromatic rings. The van der Waals surface area contributed by atoms with Crippen molar-refractivity contribution in [1.29, 1.82) is 5.26 Å². The number of aryl methyl sites for hydroxylation is 1. The molecule has 0 saturated heterocycles. The van der Waals surface area contributed by atoms with Crippen molar-refractivity contribution in [1.82, 2.24) is 14.5 Å². The quantitative estimate of drug-likeness (QED) is 0.134. The number of ether oxygens (including phenoxy) is 2. The molecule has 1 aliphatic heterocycles. The average Bonchev–Trinajstić information content (AvgIpc) is 3.80. The minimum atomic E-state index is -1.89. The number of hydrogen-bond acceptors (Lipinski definition) is 7. The molecule has 252 valence electrons. The summed E-state index contributed by atoms with van der Waals surface area (Å²) in [5, 5.41) is 21.9. The summed E-state index contributed by atoms with van der Waals surface area (Å²) in [6.45, 7) is 5.63. The van der Waals surface area contributed by atoms with Crippen LogP contribution in [0.5, 0.6) is 0 Å².